The second-order valence-electron chi connectivity index (χ2n) is 5.45. The summed E-state index contributed by atoms with van der Waals surface area (Å²) in [5.74, 6) is -0.288. The second kappa shape index (κ2) is 6.14. The van der Waals surface area contributed by atoms with Crippen molar-refractivity contribution in [2.75, 3.05) is 7.11 Å². The van der Waals surface area contributed by atoms with Crippen LogP contribution in [0.1, 0.15) is 23.3 Å². The molecule has 1 aromatic heterocycles. The van der Waals surface area contributed by atoms with Gasteiger partial charge in [0, 0.05) is 18.9 Å². The maximum atomic E-state index is 13.9. The van der Waals surface area contributed by atoms with Crippen molar-refractivity contribution in [3.8, 4) is 0 Å². The number of hydrogen-bond donors (Lipinski definition) is 1. The molecule has 116 valence electrons. The zero-order chi connectivity index (χ0) is 15.7. The maximum absolute atomic E-state index is 13.9. The summed E-state index contributed by atoms with van der Waals surface area (Å²) in [4.78, 5) is 12.5. The number of fused-ring (bicyclic) bond motifs is 1. The Morgan fingerprint density at radius 2 is 2.27 bits per heavy atom. The van der Waals surface area contributed by atoms with Gasteiger partial charge >= 0.3 is 0 Å². The van der Waals surface area contributed by atoms with Crippen LogP contribution in [0.2, 0.25) is 0 Å². The molecule has 22 heavy (non-hydrogen) atoms. The number of nitrogens with zero attached hydrogens (tertiary/aromatic N) is 1. The molecule has 1 fully saturated rings. The van der Waals surface area contributed by atoms with Crippen molar-refractivity contribution in [1.82, 2.24) is 9.69 Å². The van der Waals surface area contributed by atoms with E-state index in [1.165, 1.54) is 11.5 Å². The number of carbonyl (C=O) groups excluding carboxylic acids is 1. The molecule has 1 amide bonds. The van der Waals surface area contributed by atoms with Gasteiger partial charge in [0.15, 0.2) is 0 Å². The van der Waals surface area contributed by atoms with Crippen molar-refractivity contribution < 1.29 is 13.9 Å². The van der Waals surface area contributed by atoms with E-state index in [2.05, 4.69) is 16.3 Å². The van der Waals surface area contributed by atoms with Crippen LogP contribution in [0.4, 0.5) is 4.39 Å². The molecule has 1 saturated carbocycles. The minimum absolute atomic E-state index is 0.186. The molecule has 0 aliphatic heterocycles. The van der Waals surface area contributed by atoms with Crippen molar-refractivity contribution in [3.05, 3.63) is 42.1 Å². The summed E-state index contributed by atoms with van der Waals surface area (Å²) in [5, 5.41) is 3.68. The normalized spacial score (nSPS) is 25.4. The Morgan fingerprint density at radius 1 is 1.50 bits per heavy atom. The number of alkyl halides is 1. The van der Waals surface area contributed by atoms with E-state index >= 15 is 0 Å². The molecule has 1 N–H and O–H groups in total. The third kappa shape index (κ3) is 2.76. The molecule has 1 heterocycles. The highest BCUT2D eigenvalue weighted by atomic mass is 32.1. The van der Waals surface area contributed by atoms with E-state index in [0.717, 1.165) is 10.1 Å². The Bertz CT molecular complexity index is 715. The van der Waals surface area contributed by atoms with Gasteiger partial charge in [-0.1, -0.05) is 24.8 Å². The zero-order valence-electron chi connectivity index (χ0n) is 12.2. The minimum atomic E-state index is -1.11. The highest BCUT2D eigenvalue weighted by Gasteiger charge is 2.34. The van der Waals surface area contributed by atoms with Gasteiger partial charge in [-0.3, -0.25) is 4.79 Å². The molecule has 1 aliphatic carbocycles. The van der Waals surface area contributed by atoms with E-state index in [9.17, 15) is 9.18 Å². The predicted octanol–water partition coefficient (Wildman–Crippen LogP) is 3.10. The Kier molecular flexibility index (Phi) is 4.22. The van der Waals surface area contributed by atoms with Gasteiger partial charge < -0.3 is 10.1 Å². The van der Waals surface area contributed by atoms with Crippen molar-refractivity contribution >= 4 is 27.5 Å². The fourth-order valence-electron chi connectivity index (χ4n) is 2.76. The second-order valence-corrected chi connectivity index (χ2v) is 6.25. The molecule has 0 bridgehead atoms. The van der Waals surface area contributed by atoms with Crippen LogP contribution >= 0.6 is 11.5 Å². The summed E-state index contributed by atoms with van der Waals surface area (Å²) in [7, 11) is 1.56. The van der Waals surface area contributed by atoms with E-state index in [0.29, 0.717) is 17.7 Å². The van der Waals surface area contributed by atoms with Crippen LogP contribution in [-0.4, -0.2) is 35.7 Å². The van der Waals surface area contributed by atoms with Crippen molar-refractivity contribution in [3.63, 3.8) is 0 Å². The molecule has 4 nitrogen and oxygen atoms in total. The van der Waals surface area contributed by atoms with Gasteiger partial charge in [-0.05, 0) is 29.6 Å². The predicted molar refractivity (Wildman–Crippen MR) is 84.9 cm³/mol. The number of aromatic nitrogens is 1. The number of amides is 1. The first-order valence-electron chi connectivity index (χ1n) is 7.10. The third-order valence-electron chi connectivity index (χ3n) is 4.03. The molecule has 6 heteroatoms. The van der Waals surface area contributed by atoms with E-state index in [-0.39, 0.29) is 24.5 Å². The topological polar surface area (TPSA) is 51.2 Å². The number of benzene rings is 1. The summed E-state index contributed by atoms with van der Waals surface area (Å²) >= 11 is 1.28. The Balaban J connectivity index is 1.79. The van der Waals surface area contributed by atoms with Gasteiger partial charge in [-0.15, -0.1) is 0 Å². The number of hydrogen-bond acceptors (Lipinski definition) is 4. The zero-order valence-corrected chi connectivity index (χ0v) is 13.0. The minimum Gasteiger partial charge on any atom is -0.379 e. The van der Waals surface area contributed by atoms with Crippen LogP contribution in [0.3, 0.4) is 0 Å². The molecular formula is C16H17FN2O2S. The Morgan fingerprint density at radius 3 is 3.05 bits per heavy atom. The van der Waals surface area contributed by atoms with Crippen LogP contribution in [-0.2, 0) is 4.74 Å². The quantitative estimate of drug-likeness (QED) is 0.884. The maximum Gasteiger partial charge on any atom is 0.271 e. The molecule has 3 rings (SSSR count). The molecule has 1 aliphatic rings. The van der Waals surface area contributed by atoms with Crippen LogP contribution < -0.4 is 5.32 Å². The third-order valence-corrected chi connectivity index (χ3v) is 4.85. The first kappa shape index (κ1) is 15.1. The van der Waals surface area contributed by atoms with E-state index < -0.39 is 6.17 Å². The highest BCUT2D eigenvalue weighted by molar-refractivity contribution is 7.13. The lowest BCUT2D eigenvalue weighted by Crippen LogP contribution is -2.49. The molecule has 1 aromatic carbocycles. The Hall–Kier alpha value is -1.79. The van der Waals surface area contributed by atoms with E-state index in [1.807, 2.05) is 24.3 Å². The first-order chi connectivity index (χ1) is 10.6. The van der Waals surface area contributed by atoms with Gasteiger partial charge in [-0.25, -0.2) is 4.39 Å². The summed E-state index contributed by atoms with van der Waals surface area (Å²) in [6.07, 6.45) is -0.761. The Labute approximate surface area is 132 Å². The summed E-state index contributed by atoms with van der Waals surface area (Å²) < 4.78 is 24.4. The summed E-state index contributed by atoms with van der Waals surface area (Å²) in [6.45, 7) is 3.72. The molecule has 0 spiro atoms. The fraction of sp³-hybridized carbons (Fsp3) is 0.375. The standard InChI is InChI=1S/C16H17FN2O2S/c1-9-7-13(21-2)12(8-11(9)17)18-16(20)15-10-5-3-4-6-14(10)22-19-15/h3-6,11-13H,1,7-8H2,2H3,(H,18,20). The number of halogens is 1. The molecule has 3 atom stereocenters. The van der Waals surface area contributed by atoms with E-state index in [4.69, 9.17) is 4.74 Å². The van der Waals surface area contributed by atoms with Crippen molar-refractivity contribution in [1.29, 1.82) is 0 Å². The average Bonchev–Trinajstić information content (AvgIpc) is 2.94. The lowest BCUT2D eigenvalue weighted by atomic mass is 9.87. The molecule has 0 saturated heterocycles. The summed E-state index contributed by atoms with van der Waals surface area (Å²) in [6, 6.07) is 7.18. The number of methoxy groups -OCH3 is 1. The van der Waals surface area contributed by atoms with Crippen LogP contribution in [0.5, 0.6) is 0 Å². The van der Waals surface area contributed by atoms with Crippen LogP contribution in [0.15, 0.2) is 36.4 Å². The smallest absolute Gasteiger partial charge is 0.271 e. The first-order valence-corrected chi connectivity index (χ1v) is 7.87. The SMILES string of the molecule is C=C1CC(OC)C(NC(=O)c2nsc3ccccc23)CC1F. The fourth-order valence-corrected chi connectivity index (χ4v) is 3.53. The van der Waals surface area contributed by atoms with Crippen LogP contribution in [0, 0.1) is 0 Å². The van der Waals surface area contributed by atoms with Crippen molar-refractivity contribution in [2.45, 2.75) is 31.2 Å². The molecule has 0 radical (unpaired) electrons. The molecular weight excluding hydrogens is 303 g/mol. The van der Waals surface area contributed by atoms with Gasteiger partial charge in [0.1, 0.15) is 11.9 Å². The van der Waals surface area contributed by atoms with Gasteiger partial charge in [-0.2, -0.15) is 4.37 Å². The number of ether oxygens (including phenoxy) is 1. The average molecular weight is 320 g/mol. The van der Waals surface area contributed by atoms with Crippen molar-refractivity contribution in [2.24, 2.45) is 0 Å². The van der Waals surface area contributed by atoms with Gasteiger partial charge in [0.2, 0.25) is 0 Å². The monoisotopic (exact) mass is 320 g/mol. The highest BCUT2D eigenvalue weighted by Crippen LogP contribution is 2.28. The van der Waals surface area contributed by atoms with Gasteiger partial charge in [0.25, 0.3) is 5.91 Å². The van der Waals surface area contributed by atoms with Crippen LogP contribution in [0.25, 0.3) is 10.1 Å². The van der Waals surface area contributed by atoms with E-state index in [1.54, 1.807) is 7.11 Å². The lowest BCUT2D eigenvalue weighted by molar-refractivity contribution is 0.0384. The molecule has 2 aromatic rings. The number of nitrogens with one attached hydrogen (secondary N) is 1. The number of rotatable bonds is 3. The summed E-state index contributed by atoms with van der Waals surface area (Å²) in [5.41, 5.74) is 0.909. The molecule has 3 unspecified atom stereocenters. The number of carbonyl (C=O) groups is 1. The lowest BCUT2D eigenvalue weighted by Gasteiger charge is -2.34. The van der Waals surface area contributed by atoms with Gasteiger partial charge in [0.05, 0.1) is 16.8 Å². The largest absolute Gasteiger partial charge is 0.379 e.